The van der Waals surface area contributed by atoms with Gasteiger partial charge >= 0.3 is 11.9 Å². The second kappa shape index (κ2) is 10.7. The number of hydrogen-bond acceptors (Lipinski definition) is 5. The van der Waals surface area contributed by atoms with Gasteiger partial charge in [-0.05, 0) is 6.92 Å². The number of ether oxygens (including phenoxy) is 1. The minimum atomic E-state index is -1.07. The van der Waals surface area contributed by atoms with Crippen molar-refractivity contribution in [2.24, 2.45) is 0 Å². The van der Waals surface area contributed by atoms with Gasteiger partial charge in [0.2, 0.25) is 0 Å². The number of hydrogen-bond donors (Lipinski definition) is 3. The molecular formula is C9H16O6. The van der Waals surface area contributed by atoms with Crippen LogP contribution in [0.2, 0.25) is 0 Å². The zero-order chi connectivity index (χ0) is 12.3. The smallest absolute Gasteiger partial charge is 0.334 e. The van der Waals surface area contributed by atoms with Crippen LogP contribution >= 0.6 is 0 Å². The number of carboxylic acids is 1. The Kier molecular flexibility index (Phi) is 11.4. The molecule has 1 atom stereocenters. The Hall–Kier alpha value is -1.40. The number of carboxylic acid groups (broad SMARTS) is 1. The Morgan fingerprint density at radius 2 is 2.00 bits per heavy atom. The Labute approximate surface area is 87.8 Å². The molecule has 0 radical (unpaired) electrons. The molecule has 0 fully saturated rings. The summed E-state index contributed by atoms with van der Waals surface area (Å²) in [5.74, 6) is -1.63. The number of aliphatic carboxylic acids is 1. The Morgan fingerprint density at radius 1 is 1.53 bits per heavy atom. The van der Waals surface area contributed by atoms with Crippen LogP contribution in [0.3, 0.4) is 0 Å². The summed E-state index contributed by atoms with van der Waals surface area (Å²) in [4.78, 5) is 19.7. The van der Waals surface area contributed by atoms with E-state index in [1.54, 1.807) is 0 Å². The van der Waals surface area contributed by atoms with E-state index in [1.807, 2.05) is 0 Å². The van der Waals surface area contributed by atoms with E-state index < -0.39 is 18.0 Å². The van der Waals surface area contributed by atoms with Gasteiger partial charge < -0.3 is 20.1 Å². The molecule has 0 rings (SSSR count). The van der Waals surface area contributed by atoms with Crippen LogP contribution in [0.1, 0.15) is 13.3 Å². The zero-order valence-electron chi connectivity index (χ0n) is 8.55. The van der Waals surface area contributed by atoms with Crippen LogP contribution in [0.4, 0.5) is 0 Å². The molecule has 15 heavy (non-hydrogen) atoms. The van der Waals surface area contributed by atoms with Crippen LogP contribution < -0.4 is 0 Å². The molecule has 0 aromatic rings. The summed E-state index contributed by atoms with van der Waals surface area (Å²) >= 11 is 0. The van der Waals surface area contributed by atoms with Crippen molar-refractivity contribution in [3.63, 3.8) is 0 Å². The average molecular weight is 220 g/mol. The largest absolute Gasteiger partial charge is 0.478 e. The van der Waals surface area contributed by atoms with Crippen LogP contribution in [0.5, 0.6) is 0 Å². The van der Waals surface area contributed by atoms with Crippen LogP contribution in [-0.4, -0.2) is 46.6 Å². The standard InChI is InChI=1S/C6H12O4.C3H4O2/c1-5(8)6(9)10-4-2-3-7;1-2-3(4)5/h5,7-8H,2-4H2,1H3;2H,1H2,(H,4,5). The van der Waals surface area contributed by atoms with Gasteiger partial charge in [0, 0.05) is 19.1 Å². The highest BCUT2D eigenvalue weighted by molar-refractivity contribution is 5.78. The second-order valence-electron chi connectivity index (χ2n) is 2.46. The molecule has 0 aromatic heterocycles. The fourth-order valence-corrected chi connectivity index (χ4v) is 0.358. The number of aliphatic hydroxyl groups excluding tert-OH is 2. The maximum atomic E-state index is 10.5. The highest BCUT2D eigenvalue weighted by atomic mass is 16.5. The molecule has 0 amide bonds. The molecule has 0 aliphatic rings. The van der Waals surface area contributed by atoms with E-state index in [0.29, 0.717) is 6.42 Å². The minimum Gasteiger partial charge on any atom is -0.478 e. The van der Waals surface area contributed by atoms with E-state index in [9.17, 15) is 9.59 Å². The first kappa shape index (κ1) is 16.0. The predicted octanol–water partition coefficient (Wildman–Crippen LogP) is -0.450. The van der Waals surface area contributed by atoms with Crippen molar-refractivity contribution in [1.82, 2.24) is 0 Å². The first-order chi connectivity index (χ1) is 6.95. The molecule has 3 N–H and O–H groups in total. The van der Waals surface area contributed by atoms with Crippen molar-refractivity contribution in [3.8, 4) is 0 Å². The average Bonchev–Trinajstić information content (AvgIpc) is 2.18. The third-order valence-electron chi connectivity index (χ3n) is 1.06. The summed E-state index contributed by atoms with van der Waals surface area (Å²) in [7, 11) is 0. The third-order valence-corrected chi connectivity index (χ3v) is 1.06. The molecule has 0 aromatic carbocycles. The van der Waals surface area contributed by atoms with Crippen LogP contribution in [0, 0.1) is 0 Å². The molecule has 88 valence electrons. The number of carbonyl (C=O) groups excluding carboxylic acids is 1. The fraction of sp³-hybridized carbons (Fsp3) is 0.556. The van der Waals surface area contributed by atoms with Gasteiger partial charge in [-0.3, -0.25) is 0 Å². The van der Waals surface area contributed by atoms with Gasteiger partial charge in [-0.2, -0.15) is 0 Å². The fourth-order valence-electron chi connectivity index (χ4n) is 0.358. The molecule has 0 heterocycles. The third kappa shape index (κ3) is 15.4. The van der Waals surface area contributed by atoms with Gasteiger partial charge in [-0.1, -0.05) is 6.58 Å². The van der Waals surface area contributed by atoms with E-state index in [4.69, 9.17) is 15.3 Å². The lowest BCUT2D eigenvalue weighted by Gasteiger charge is -2.04. The topological polar surface area (TPSA) is 104 Å². The summed E-state index contributed by atoms with van der Waals surface area (Å²) in [6.07, 6.45) is 0.178. The Bertz CT molecular complexity index is 199. The van der Waals surface area contributed by atoms with Crippen LogP contribution in [0.15, 0.2) is 12.7 Å². The molecule has 6 nitrogen and oxygen atoms in total. The molecule has 0 saturated heterocycles. The summed E-state index contributed by atoms with van der Waals surface area (Å²) in [5.41, 5.74) is 0. The van der Waals surface area contributed by atoms with Crippen molar-refractivity contribution in [2.45, 2.75) is 19.4 Å². The van der Waals surface area contributed by atoms with Gasteiger partial charge in [-0.15, -0.1) is 0 Å². The lowest BCUT2D eigenvalue weighted by Crippen LogP contribution is -2.19. The van der Waals surface area contributed by atoms with E-state index in [1.165, 1.54) is 6.92 Å². The normalized spacial score (nSPS) is 10.6. The quantitative estimate of drug-likeness (QED) is 0.329. The molecular weight excluding hydrogens is 204 g/mol. The SMILES string of the molecule is C=CC(=O)O.CC(O)C(=O)OCCCO. The van der Waals surface area contributed by atoms with Gasteiger partial charge in [0.25, 0.3) is 0 Å². The summed E-state index contributed by atoms with van der Waals surface area (Å²) < 4.78 is 4.49. The van der Waals surface area contributed by atoms with Crippen molar-refractivity contribution < 1.29 is 29.6 Å². The maximum Gasteiger partial charge on any atom is 0.334 e. The Balaban J connectivity index is 0. The second-order valence-corrected chi connectivity index (χ2v) is 2.46. The summed E-state index contributed by atoms with van der Waals surface area (Å²) in [6.45, 7) is 4.46. The molecule has 0 bridgehead atoms. The van der Waals surface area contributed by atoms with Gasteiger partial charge in [0.05, 0.1) is 6.61 Å². The minimum absolute atomic E-state index is 0.00686. The summed E-state index contributed by atoms with van der Waals surface area (Å²) in [5, 5.41) is 24.5. The molecule has 0 saturated carbocycles. The predicted molar refractivity (Wildman–Crippen MR) is 52.2 cm³/mol. The molecule has 1 unspecified atom stereocenters. The number of esters is 1. The van der Waals surface area contributed by atoms with Crippen molar-refractivity contribution in [1.29, 1.82) is 0 Å². The van der Waals surface area contributed by atoms with E-state index in [0.717, 1.165) is 6.08 Å². The molecule has 0 aliphatic carbocycles. The van der Waals surface area contributed by atoms with Crippen molar-refractivity contribution in [3.05, 3.63) is 12.7 Å². The van der Waals surface area contributed by atoms with Crippen molar-refractivity contribution >= 4 is 11.9 Å². The molecule has 0 aliphatic heterocycles. The van der Waals surface area contributed by atoms with Gasteiger partial charge in [-0.25, -0.2) is 9.59 Å². The van der Waals surface area contributed by atoms with Gasteiger partial charge in [0.15, 0.2) is 0 Å². The lowest BCUT2D eigenvalue weighted by molar-refractivity contribution is -0.152. The van der Waals surface area contributed by atoms with Gasteiger partial charge in [0.1, 0.15) is 6.10 Å². The van der Waals surface area contributed by atoms with E-state index >= 15 is 0 Å². The van der Waals surface area contributed by atoms with E-state index in [-0.39, 0.29) is 13.2 Å². The van der Waals surface area contributed by atoms with Crippen LogP contribution in [0.25, 0.3) is 0 Å². The molecule has 6 heteroatoms. The Morgan fingerprint density at radius 3 is 2.27 bits per heavy atom. The summed E-state index contributed by atoms with van der Waals surface area (Å²) in [6, 6.07) is 0. The molecule has 0 spiro atoms. The van der Waals surface area contributed by atoms with E-state index in [2.05, 4.69) is 11.3 Å². The number of rotatable bonds is 5. The van der Waals surface area contributed by atoms with Crippen LogP contribution in [-0.2, 0) is 14.3 Å². The number of aliphatic hydroxyl groups is 2. The highest BCUT2D eigenvalue weighted by Gasteiger charge is 2.08. The lowest BCUT2D eigenvalue weighted by atomic mass is 10.4. The highest BCUT2D eigenvalue weighted by Crippen LogP contribution is 1.87. The zero-order valence-corrected chi connectivity index (χ0v) is 8.55. The number of carbonyl (C=O) groups is 2. The van der Waals surface area contributed by atoms with Crippen molar-refractivity contribution in [2.75, 3.05) is 13.2 Å². The first-order valence-electron chi connectivity index (χ1n) is 4.26. The monoisotopic (exact) mass is 220 g/mol. The first-order valence-corrected chi connectivity index (χ1v) is 4.26. The maximum absolute atomic E-state index is 10.5.